The Bertz CT molecular complexity index is 874. The topological polar surface area (TPSA) is 95.9 Å². The first-order valence-electron chi connectivity index (χ1n) is 8.86. The largest absolute Gasteiger partial charge is 0.465 e. The normalized spacial score (nSPS) is 17.5. The molecule has 9 heteroatoms. The summed E-state index contributed by atoms with van der Waals surface area (Å²) in [6, 6.07) is 8.25. The Labute approximate surface area is 171 Å². The maximum absolute atomic E-state index is 12.2. The summed E-state index contributed by atoms with van der Waals surface area (Å²) in [6.07, 6.45) is -0.228. The van der Waals surface area contributed by atoms with E-state index in [-0.39, 0.29) is 24.5 Å². The molecule has 2 aromatic rings. The molecule has 1 saturated heterocycles. The van der Waals surface area contributed by atoms with Crippen molar-refractivity contribution in [3.05, 3.63) is 46.6 Å². The van der Waals surface area contributed by atoms with Crippen LogP contribution in [-0.2, 0) is 4.74 Å². The fraction of sp³-hybridized carbons (Fsp3) is 0.368. The van der Waals surface area contributed by atoms with Gasteiger partial charge in [0.25, 0.3) is 0 Å². The van der Waals surface area contributed by atoms with E-state index >= 15 is 0 Å². The number of carbonyl (C=O) groups excluding carboxylic acids is 1. The number of anilines is 2. The van der Waals surface area contributed by atoms with E-state index in [1.807, 2.05) is 38.1 Å². The highest BCUT2D eigenvalue weighted by Gasteiger charge is 2.37. The number of nitrogens with zero attached hydrogens (tertiary/aromatic N) is 4. The minimum absolute atomic E-state index is 0.00243. The molecule has 1 aromatic carbocycles. The van der Waals surface area contributed by atoms with Crippen molar-refractivity contribution in [1.82, 2.24) is 9.97 Å². The van der Waals surface area contributed by atoms with Gasteiger partial charge in [-0.05, 0) is 36.6 Å². The Morgan fingerprint density at radius 3 is 2.57 bits per heavy atom. The van der Waals surface area contributed by atoms with Crippen molar-refractivity contribution < 1.29 is 19.4 Å². The predicted octanol–water partition coefficient (Wildman–Crippen LogP) is 4.47. The van der Waals surface area contributed by atoms with Gasteiger partial charge in [0.1, 0.15) is 12.4 Å². The number of carbonyl (C=O) groups is 2. The smallest absolute Gasteiger partial charge is 0.415 e. The fourth-order valence-electron chi connectivity index (χ4n) is 3.09. The molecule has 2 amide bonds. The minimum atomic E-state index is -1.18. The van der Waals surface area contributed by atoms with Crippen molar-refractivity contribution in [2.75, 3.05) is 16.4 Å². The second-order valence-corrected chi connectivity index (χ2v) is 7.77. The van der Waals surface area contributed by atoms with E-state index < -0.39 is 18.2 Å². The van der Waals surface area contributed by atoms with Crippen LogP contribution in [0.3, 0.4) is 0 Å². The molecule has 0 aliphatic carbocycles. The number of aromatic nitrogens is 2. The van der Waals surface area contributed by atoms with Crippen LogP contribution in [0, 0.1) is 5.92 Å². The maximum atomic E-state index is 12.2. The van der Waals surface area contributed by atoms with E-state index in [1.165, 1.54) is 11.1 Å². The van der Waals surface area contributed by atoms with Crippen molar-refractivity contribution in [2.45, 2.75) is 32.9 Å². The number of rotatable bonds is 5. The molecule has 0 saturated carbocycles. The first-order chi connectivity index (χ1) is 13.3. The van der Waals surface area contributed by atoms with Crippen molar-refractivity contribution in [2.24, 2.45) is 5.92 Å². The average molecular weight is 449 g/mol. The number of ether oxygens (including phenoxy) is 1. The molecule has 0 spiro atoms. The highest BCUT2D eigenvalue weighted by atomic mass is 79.9. The van der Waals surface area contributed by atoms with E-state index in [2.05, 4.69) is 25.9 Å². The number of cyclic esters (lactones) is 1. The maximum Gasteiger partial charge on any atom is 0.415 e. The zero-order chi connectivity index (χ0) is 20.4. The van der Waals surface area contributed by atoms with Gasteiger partial charge in [-0.1, -0.05) is 41.9 Å². The van der Waals surface area contributed by atoms with E-state index in [0.29, 0.717) is 5.82 Å². The minimum Gasteiger partial charge on any atom is -0.465 e. The standard InChI is InChI=1S/C19H21BrN4O4/c1-11(2)15-10-28-19(27)24(15)16-8-9-21-17(22-16)23(18(25)26)12(3)13-4-6-14(20)7-5-13/h4-9,11-12,15H,10H2,1-3H3,(H,25,26)/t12-,15+/m0/s1. The van der Waals surface area contributed by atoms with E-state index in [9.17, 15) is 14.7 Å². The highest BCUT2D eigenvalue weighted by Crippen LogP contribution is 2.29. The van der Waals surface area contributed by atoms with Crippen LogP contribution >= 0.6 is 15.9 Å². The van der Waals surface area contributed by atoms with Crippen LogP contribution in [0.2, 0.25) is 0 Å². The lowest BCUT2D eigenvalue weighted by molar-refractivity contribution is 0.177. The molecule has 0 bridgehead atoms. The molecular weight excluding hydrogens is 428 g/mol. The lowest BCUT2D eigenvalue weighted by atomic mass is 10.0. The second kappa shape index (κ2) is 8.14. The molecule has 1 aliphatic heterocycles. The number of benzene rings is 1. The number of carboxylic acid groups (broad SMARTS) is 1. The van der Waals surface area contributed by atoms with Crippen LogP contribution in [0.4, 0.5) is 21.4 Å². The summed E-state index contributed by atoms with van der Waals surface area (Å²) in [7, 11) is 0. The van der Waals surface area contributed by atoms with Gasteiger partial charge < -0.3 is 9.84 Å². The highest BCUT2D eigenvalue weighted by molar-refractivity contribution is 9.10. The van der Waals surface area contributed by atoms with Gasteiger partial charge in [-0.3, -0.25) is 4.90 Å². The van der Waals surface area contributed by atoms with Gasteiger partial charge in [0, 0.05) is 10.7 Å². The van der Waals surface area contributed by atoms with Gasteiger partial charge in [-0.25, -0.2) is 19.5 Å². The molecule has 1 fully saturated rings. The summed E-state index contributed by atoms with van der Waals surface area (Å²) < 4.78 is 6.06. The molecule has 3 rings (SSSR count). The Morgan fingerprint density at radius 2 is 1.96 bits per heavy atom. The summed E-state index contributed by atoms with van der Waals surface area (Å²) in [5.41, 5.74) is 0.792. The molecule has 8 nitrogen and oxygen atoms in total. The van der Waals surface area contributed by atoms with Crippen LogP contribution in [0.5, 0.6) is 0 Å². The summed E-state index contributed by atoms with van der Waals surface area (Å²) >= 11 is 3.37. The molecule has 1 N–H and O–H groups in total. The van der Waals surface area contributed by atoms with E-state index in [4.69, 9.17) is 4.74 Å². The van der Waals surface area contributed by atoms with Crippen molar-refractivity contribution in [3.63, 3.8) is 0 Å². The molecule has 2 heterocycles. The van der Waals surface area contributed by atoms with E-state index in [1.54, 1.807) is 13.0 Å². The lowest BCUT2D eigenvalue weighted by Crippen LogP contribution is -2.39. The van der Waals surface area contributed by atoms with Gasteiger partial charge in [-0.15, -0.1) is 0 Å². The summed E-state index contributed by atoms with van der Waals surface area (Å²) in [4.78, 5) is 35.2. The predicted molar refractivity (Wildman–Crippen MR) is 108 cm³/mol. The Kier molecular flexibility index (Phi) is 5.83. The zero-order valence-corrected chi connectivity index (χ0v) is 17.3. The monoisotopic (exact) mass is 448 g/mol. The van der Waals surface area contributed by atoms with Crippen LogP contribution in [0.1, 0.15) is 32.4 Å². The fourth-order valence-corrected chi connectivity index (χ4v) is 3.36. The Morgan fingerprint density at radius 1 is 1.29 bits per heavy atom. The SMILES string of the molecule is CC(C)[C@H]1COC(=O)N1c1ccnc(N(C(=O)O)[C@@H](C)c2ccc(Br)cc2)n1. The number of hydrogen-bond acceptors (Lipinski definition) is 5. The van der Waals surface area contributed by atoms with Crippen molar-refractivity contribution in [3.8, 4) is 0 Å². The van der Waals surface area contributed by atoms with Crippen molar-refractivity contribution in [1.29, 1.82) is 0 Å². The van der Waals surface area contributed by atoms with E-state index in [0.717, 1.165) is 14.9 Å². The Balaban J connectivity index is 1.97. The average Bonchev–Trinajstić information content (AvgIpc) is 3.04. The van der Waals surface area contributed by atoms with Crippen LogP contribution in [0.15, 0.2) is 41.0 Å². The number of halogens is 1. The first-order valence-corrected chi connectivity index (χ1v) is 9.65. The summed E-state index contributed by atoms with van der Waals surface area (Å²) in [5.74, 6) is 0.477. The first kappa shape index (κ1) is 20.1. The van der Waals surface area contributed by atoms with Gasteiger partial charge in [0.2, 0.25) is 5.95 Å². The van der Waals surface area contributed by atoms with Crippen molar-refractivity contribution >= 4 is 39.9 Å². The van der Waals surface area contributed by atoms with Gasteiger partial charge in [0.15, 0.2) is 0 Å². The quantitative estimate of drug-likeness (QED) is 0.724. The molecule has 0 unspecified atom stereocenters. The molecule has 0 radical (unpaired) electrons. The lowest BCUT2D eigenvalue weighted by Gasteiger charge is -2.27. The third-order valence-electron chi connectivity index (χ3n) is 4.71. The molecular formula is C19H21BrN4O4. The van der Waals surface area contributed by atoms with Gasteiger partial charge >= 0.3 is 12.2 Å². The van der Waals surface area contributed by atoms with Gasteiger partial charge in [0.05, 0.1) is 12.1 Å². The number of amides is 2. The Hall–Kier alpha value is -2.68. The molecule has 2 atom stereocenters. The second-order valence-electron chi connectivity index (χ2n) is 6.85. The third-order valence-corrected chi connectivity index (χ3v) is 5.24. The van der Waals surface area contributed by atoms with Crippen LogP contribution in [-0.4, -0.2) is 39.9 Å². The van der Waals surface area contributed by atoms with Crippen LogP contribution in [0.25, 0.3) is 0 Å². The molecule has 1 aromatic heterocycles. The molecule has 148 valence electrons. The summed E-state index contributed by atoms with van der Waals surface area (Å²) in [6.45, 7) is 6.00. The number of hydrogen-bond donors (Lipinski definition) is 1. The zero-order valence-electron chi connectivity index (χ0n) is 15.7. The van der Waals surface area contributed by atoms with Crippen LogP contribution < -0.4 is 9.80 Å². The molecule has 28 heavy (non-hydrogen) atoms. The third kappa shape index (κ3) is 3.94. The summed E-state index contributed by atoms with van der Waals surface area (Å²) in [5, 5.41) is 9.79. The molecule has 1 aliphatic rings. The van der Waals surface area contributed by atoms with Gasteiger partial charge in [-0.2, -0.15) is 4.98 Å².